The van der Waals surface area contributed by atoms with Gasteiger partial charge in [0.15, 0.2) is 0 Å². The maximum absolute atomic E-state index is 12.3. The Labute approximate surface area is 208 Å². The molecule has 9 heteroatoms. The fourth-order valence-electron chi connectivity index (χ4n) is 4.01. The molecule has 0 aliphatic heterocycles. The van der Waals surface area contributed by atoms with Gasteiger partial charge in [-0.25, -0.2) is 24.4 Å². The Kier molecular flexibility index (Phi) is 8.31. The van der Waals surface area contributed by atoms with Crippen LogP contribution < -0.4 is 10.2 Å². The first-order valence-electron chi connectivity index (χ1n) is 11.8. The molecule has 3 aromatic rings. The summed E-state index contributed by atoms with van der Waals surface area (Å²) in [6.45, 7) is 3.87. The molecule has 1 saturated carbocycles. The Hall–Kier alpha value is -3.46. The summed E-state index contributed by atoms with van der Waals surface area (Å²) < 4.78 is 5.47. The highest BCUT2D eigenvalue weighted by Crippen LogP contribution is 2.30. The predicted molar refractivity (Wildman–Crippen MR) is 132 cm³/mol. The summed E-state index contributed by atoms with van der Waals surface area (Å²) in [5.41, 5.74) is 2.97. The van der Waals surface area contributed by atoms with Crippen molar-refractivity contribution in [3.8, 4) is 16.5 Å². The third kappa shape index (κ3) is 6.57. The molecule has 8 nitrogen and oxygen atoms in total. The van der Waals surface area contributed by atoms with Gasteiger partial charge in [-0.3, -0.25) is 4.89 Å². The number of aryl methyl sites for hydroxylation is 1. The molecule has 2 heterocycles. The Bertz CT molecular complexity index is 1140. The van der Waals surface area contributed by atoms with Crippen molar-refractivity contribution >= 4 is 23.4 Å². The molecule has 1 aliphatic rings. The molecule has 1 aromatic carbocycles. The molecule has 35 heavy (non-hydrogen) atoms. The molecule has 2 aromatic heterocycles. The van der Waals surface area contributed by atoms with Crippen molar-refractivity contribution in [2.24, 2.45) is 5.92 Å². The van der Waals surface area contributed by atoms with E-state index >= 15 is 0 Å². The second kappa shape index (κ2) is 11.8. The van der Waals surface area contributed by atoms with Crippen molar-refractivity contribution in [1.29, 1.82) is 0 Å². The molecule has 1 atom stereocenters. The van der Waals surface area contributed by atoms with E-state index in [1.165, 1.54) is 11.3 Å². The number of benzene rings is 1. The molecule has 0 spiro atoms. The number of aromatic nitrogens is 2. The summed E-state index contributed by atoms with van der Waals surface area (Å²) in [6, 6.07) is 11.5. The standard InChI is InChI=1S/C26H29N3O5S/c1-17-24(33-34-25(30)20-11-7-4-8-12-20)27-16-22(29-17)23-21(13-14-35-23)15-28-26(31)32-18(2)19-9-5-3-6-10-19/h3,5-6,9-10,13-14,16,18,20H,4,7-8,11-12,15H2,1-2H3,(H,28,31)/t18-/m1/s1. The zero-order valence-corrected chi connectivity index (χ0v) is 20.7. The largest absolute Gasteiger partial charge is 0.442 e. The van der Waals surface area contributed by atoms with Crippen LogP contribution in [0, 0.1) is 12.8 Å². The normalized spacial score (nSPS) is 14.7. The number of carbonyl (C=O) groups is 2. The monoisotopic (exact) mass is 495 g/mol. The van der Waals surface area contributed by atoms with Crippen molar-refractivity contribution in [3.63, 3.8) is 0 Å². The Balaban J connectivity index is 1.33. The van der Waals surface area contributed by atoms with E-state index in [9.17, 15) is 9.59 Å². The van der Waals surface area contributed by atoms with E-state index in [1.54, 1.807) is 13.1 Å². The van der Waals surface area contributed by atoms with Crippen LogP contribution in [0.3, 0.4) is 0 Å². The summed E-state index contributed by atoms with van der Waals surface area (Å²) >= 11 is 1.50. The zero-order valence-electron chi connectivity index (χ0n) is 19.9. The zero-order chi connectivity index (χ0) is 24.6. The smallest absolute Gasteiger partial charge is 0.408 e. The van der Waals surface area contributed by atoms with Crippen LogP contribution in [0.15, 0.2) is 48.0 Å². The van der Waals surface area contributed by atoms with Crippen molar-refractivity contribution in [2.45, 2.75) is 58.6 Å². The van der Waals surface area contributed by atoms with Crippen LogP contribution in [0.4, 0.5) is 4.79 Å². The van der Waals surface area contributed by atoms with Crippen molar-refractivity contribution in [3.05, 3.63) is 64.8 Å². The summed E-state index contributed by atoms with van der Waals surface area (Å²) in [6.07, 6.45) is 5.62. The Morgan fingerprint density at radius 2 is 1.91 bits per heavy atom. The number of nitrogens with one attached hydrogen (secondary N) is 1. The second-order valence-electron chi connectivity index (χ2n) is 8.55. The van der Waals surface area contributed by atoms with Gasteiger partial charge in [0.05, 0.1) is 22.7 Å². The Morgan fingerprint density at radius 1 is 1.14 bits per heavy atom. The van der Waals surface area contributed by atoms with E-state index in [1.807, 2.05) is 48.7 Å². The molecule has 1 N–H and O–H groups in total. The fourth-order valence-corrected chi connectivity index (χ4v) is 4.89. The van der Waals surface area contributed by atoms with Gasteiger partial charge in [-0.05, 0) is 49.3 Å². The van der Waals surface area contributed by atoms with E-state index in [2.05, 4.69) is 15.3 Å². The number of hydrogen-bond donors (Lipinski definition) is 1. The first-order valence-corrected chi connectivity index (χ1v) is 12.7. The fraction of sp³-hybridized carbons (Fsp3) is 0.385. The van der Waals surface area contributed by atoms with Gasteiger partial charge in [0, 0.05) is 6.54 Å². The molecule has 0 unspecified atom stereocenters. The molecule has 0 saturated heterocycles. The van der Waals surface area contributed by atoms with E-state index in [4.69, 9.17) is 14.5 Å². The predicted octanol–water partition coefficient (Wildman–Crippen LogP) is 5.92. The van der Waals surface area contributed by atoms with Crippen LogP contribution in [0.5, 0.6) is 5.88 Å². The minimum Gasteiger partial charge on any atom is -0.442 e. The number of rotatable bonds is 8. The first-order chi connectivity index (χ1) is 17.0. The molecule has 0 radical (unpaired) electrons. The molecule has 4 rings (SSSR count). The van der Waals surface area contributed by atoms with Crippen molar-refractivity contribution in [2.75, 3.05) is 0 Å². The highest BCUT2D eigenvalue weighted by Gasteiger charge is 2.24. The number of hydrogen-bond acceptors (Lipinski definition) is 8. The molecular weight excluding hydrogens is 466 g/mol. The highest BCUT2D eigenvalue weighted by atomic mass is 32.1. The van der Waals surface area contributed by atoms with Gasteiger partial charge in [-0.15, -0.1) is 11.3 Å². The number of amides is 1. The number of alkyl carbamates (subject to hydrolysis) is 1. The number of carbonyl (C=O) groups excluding carboxylic acids is 2. The minimum atomic E-state index is -0.496. The first kappa shape index (κ1) is 24.7. The molecule has 1 amide bonds. The lowest BCUT2D eigenvalue weighted by Crippen LogP contribution is -2.25. The topological polar surface area (TPSA) is 99.6 Å². The van der Waals surface area contributed by atoms with Crippen LogP contribution >= 0.6 is 11.3 Å². The van der Waals surface area contributed by atoms with Crippen LogP contribution in [0.25, 0.3) is 10.6 Å². The maximum Gasteiger partial charge on any atom is 0.408 e. The molecule has 0 bridgehead atoms. The van der Waals surface area contributed by atoms with Crippen molar-refractivity contribution in [1.82, 2.24) is 15.3 Å². The summed E-state index contributed by atoms with van der Waals surface area (Å²) in [4.78, 5) is 44.5. The van der Waals surface area contributed by atoms with Gasteiger partial charge in [-0.1, -0.05) is 49.6 Å². The van der Waals surface area contributed by atoms with E-state index in [-0.39, 0.29) is 30.4 Å². The number of ether oxygens (including phenoxy) is 1. The third-order valence-corrected chi connectivity index (χ3v) is 6.98. The van der Waals surface area contributed by atoms with Crippen LogP contribution in [0.2, 0.25) is 0 Å². The minimum absolute atomic E-state index is 0.111. The van der Waals surface area contributed by atoms with Gasteiger partial charge in [0.1, 0.15) is 11.8 Å². The lowest BCUT2D eigenvalue weighted by Gasteiger charge is -2.18. The maximum atomic E-state index is 12.3. The summed E-state index contributed by atoms with van der Waals surface area (Å²) in [7, 11) is 0. The average molecular weight is 496 g/mol. The summed E-state index contributed by atoms with van der Waals surface area (Å²) in [5, 5.41) is 4.73. The molecular formula is C26H29N3O5S. The van der Waals surface area contributed by atoms with Gasteiger partial charge in [-0.2, -0.15) is 0 Å². The van der Waals surface area contributed by atoms with Gasteiger partial charge >= 0.3 is 12.1 Å². The number of thiophene rings is 1. The van der Waals surface area contributed by atoms with Gasteiger partial charge < -0.3 is 10.1 Å². The quantitative estimate of drug-likeness (QED) is 0.306. The Morgan fingerprint density at radius 3 is 2.66 bits per heavy atom. The van der Waals surface area contributed by atoms with Gasteiger partial charge in [0.25, 0.3) is 5.88 Å². The van der Waals surface area contributed by atoms with E-state index in [0.29, 0.717) is 11.4 Å². The molecule has 184 valence electrons. The third-order valence-electron chi connectivity index (χ3n) is 6.00. The van der Waals surface area contributed by atoms with Crippen LogP contribution in [-0.4, -0.2) is 22.0 Å². The van der Waals surface area contributed by atoms with Gasteiger partial charge in [0.2, 0.25) is 0 Å². The lowest BCUT2D eigenvalue weighted by molar-refractivity contribution is -0.221. The van der Waals surface area contributed by atoms with Crippen LogP contribution in [-0.2, 0) is 21.0 Å². The SMILES string of the molecule is Cc1nc(-c2sccc2CNC(=O)O[C@H](C)c2ccccc2)cnc1OOC(=O)C1CCCCC1. The average Bonchev–Trinajstić information content (AvgIpc) is 3.36. The molecule has 1 aliphatic carbocycles. The summed E-state index contributed by atoms with van der Waals surface area (Å²) in [5.74, 6) is -0.303. The van der Waals surface area contributed by atoms with Crippen molar-refractivity contribution < 1.29 is 24.1 Å². The lowest BCUT2D eigenvalue weighted by atomic mass is 9.89. The van der Waals surface area contributed by atoms with E-state index < -0.39 is 6.09 Å². The van der Waals surface area contributed by atoms with E-state index in [0.717, 1.165) is 48.1 Å². The number of nitrogens with zero attached hydrogens (tertiary/aromatic N) is 2. The molecule has 1 fully saturated rings. The highest BCUT2D eigenvalue weighted by molar-refractivity contribution is 7.13. The van der Waals surface area contributed by atoms with Crippen LogP contribution in [0.1, 0.15) is 62.0 Å². The second-order valence-corrected chi connectivity index (χ2v) is 9.47.